The number of sulfonamides is 1. The SMILES string of the molecule is Cc1cccc(S(=O)(=O)N(C)/N=C/c2cnc3c(C)cc(-c4cccnc4)cn23)c1. The van der Waals surface area contributed by atoms with E-state index in [-0.39, 0.29) is 4.90 Å². The van der Waals surface area contributed by atoms with Crippen molar-refractivity contribution in [3.63, 3.8) is 0 Å². The van der Waals surface area contributed by atoms with Crippen LogP contribution in [0.15, 0.2) is 77.2 Å². The Bertz CT molecular complexity index is 1340. The van der Waals surface area contributed by atoms with Crippen molar-refractivity contribution in [2.24, 2.45) is 5.10 Å². The molecule has 0 saturated heterocycles. The summed E-state index contributed by atoms with van der Waals surface area (Å²) in [7, 11) is -2.31. The molecule has 0 fully saturated rings. The van der Waals surface area contributed by atoms with Crippen molar-refractivity contribution in [1.82, 2.24) is 18.8 Å². The lowest BCUT2D eigenvalue weighted by Crippen LogP contribution is -2.22. The van der Waals surface area contributed by atoms with Gasteiger partial charge < -0.3 is 0 Å². The number of fused-ring (bicyclic) bond motifs is 1. The Hall–Kier alpha value is -3.52. The van der Waals surface area contributed by atoms with E-state index < -0.39 is 10.0 Å². The molecule has 0 atom stereocenters. The van der Waals surface area contributed by atoms with Gasteiger partial charge in [-0.05, 0) is 49.2 Å². The van der Waals surface area contributed by atoms with Gasteiger partial charge in [0, 0.05) is 36.8 Å². The Morgan fingerprint density at radius 1 is 1.07 bits per heavy atom. The van der Waals surface area contributed by atoms with Gasteiger partial charge in [0.2, 0.25) is 0 Å². The van der Waals surface area contributed by atoms with E-state index in [2.05, 4.69) is 21.1 Å². The van der Waals surface area contributed by atoms with Gasteiger partial charge >= 0.3 is 0 Å². The predicted octanol–water partition coefficient (Wildman–Crippen LogP) is 3.67. The lowest BCUT2D eigenvalue weighted by atomic mass is 10.1. The molecule has 0 aliphatic carbocycles. The topological polar surface area (TPSA) is 79.9 Å². The second kappa shape index (κ2) is 7.72. The van der Waals surface area contributed by atoms with Crippen molar-refractivity contribution in [3.8, 4) is 11.1 Å². The number of hydrogen-bond donors (Lipinski definition) is 0. The molecule has 0 amide bonds. The summed E-state index contributed by atoms with van der Waals surface area (Å²) < 4.78 is 28.4. The highest BCUT2D eigenvalue weighted by Crippen LogP contribution is 2.22. The number of rotatable bonds is 5. The minimum Gasteiger partial charge on any atom is -0.298 e. The molecule has 4 aromatic rings. The number of aryl methyl sites for hydroxylation is 2. The highest BCUT2D eigenvalue weighted by Gasteiger charge is 2.19. The summed E-state index contributed by atoms with van der Waals surface area (Å²) in [5.41, 5.74) is 5.29. The summed E-state index contributed by atoms with van der Waals surface area (Å²) in [4.78, 5) is 8.83. The van der Waals surface area contributed by atoms with Crippen LogP contribution in [0.1, 0.15) is 16.8 Å². The average molecular weight is 420 g/mol. The van der Waals surface area contributed by atoms with Crippen molar-refractivity contribution in [1.29, 1.82) is 0 Å². The van der Waals surface area contributed by atoms with Crippen LogP contribution in [0.2, 0.25) is 0 Å². The van der Waals surface area contributed by atoms with Crippen molar-refractivity contribution in [2.75, 3.05) is 7.05 Å². The molecule has 0 N–H and O–H groups in total. The molecule has 3 aromatic heterocycles. The Labute approximate surface area is 175 Å². The average Bonchev–Trinajstić information content (AvgIpc) is 3.16. The quantitative estimate of drug-likeness (QED) is 0.365. The molecule has 7 nitrogen and oxygen atoms in total. The van der Waals surface area contributed by atoms with Gasteiger partial charge in [-0.3, -0.25) is 9.38 Å². The Balaban J connectivity index is 1.70. The summed E-state index contributed by atoms with van der Waals surface area (Å²) in [6.07, 6.45) is 8.65. The fourth-order valence-corrected chi connectivity index (χ4v) is 4.26. The number of benzene rings is 1. The maximum absolute atomic E-state index is 12.8. The zero-order valence-corrected chi connectivity index (χ0v) is 17.7. The maximum Gasteiger partial charge on any atom is 0.278 e. The smallest absolute Gasteiger partial charge is 0.278 e. The largest absolute Gasteiger partial charge is 0.298 e. The first-order chi connectivity index (χ1) is 14.4. The van der Waals surface area contributed by atoms with Crippen molar-refractivity contribution in [3.05, 3.63) is 84.1 Å². The first kappa shape index (κ1) is 19.8. The number of hydrazone groups is 1. The van der Waals surface area contributed by atoms with Gasteiger partial charge in [0.25, 0.3) is 10.0 Å². The van der Waals surface area contributed by atoms with Crippen LogP contribution >= 0.6 is 0 Å². The van der Waals surface area contributed by atoms with Crippen LogP contribution in [0.4, 0.5) is 0 Å². The van der Waals surface area contributed by atoms with Crippen LogP contribution in [-0.4, -0.2) is 40.5 Å². The monoisotopic (exact) mass is 419 g/mol. The molecule has 30 heavy (non-hydrogen) atoms. The van der Waals surface area contributed by atoms with Crippen LogP contribution < -0.4 is 0 Å². The summed E-state index contributed by atoms with van der Waals surface area (Å²) >= 11 is 0. The second-order valence-electron chi connectivity index (χ2n) is 7.03. The highest BCUT2D eigenvalue weighted by molar-refractivity contribution is 7.89. The van der Waals surface area contributed by atoms with E-state index in [1.54, 1.807) is 36.8 Å². The van der Waals surface area contributed by atoms with E-state index in [0.717, 1.165) is 32.3 Å². The van der Waals surface area contributed by atoms with Crippen LogP contribution in [0.25, 0.3) is 16.8 Å². The third kappa shape index (κ3) is 3.69. The number of imidazole rings is 1. The molecule has 3 heterocycles. The van der Waals surface area contributed by atoms with Crippen molar-refractivity contribution < 1.29 is 8.42 Å². The summed E-state index contributed by atoms with van der Waals surface area (Å²) in [6.45, 7) is 3.83. The molecular weight excluding hydrogens is 398 g/mol. The number of aromatic nitrogens is 3. The van der Waals surface area contributed by atoms with Gasteiger partial charge in [-0.15, -0.1) is 0 Å². The zero-order valence-electron chi connectivity index (χ0n) is 16.9. The van der Waals surface area contributed by atoms with Crippen molar-refractivity contribution >= 4 is 21.9 Å². The van der Waals surface area contributed by atoms with E-state index in [0.29, 0.717) is 5.69 Å². The number of hydrogen-bond acceptors (Lipinski definition) is 5. The van der Waals surface area contributed by atoms with E-state index >= 15 is 0 Å². The third-order valence-electron chi connectivity index (χ3n) is 4.80. The van der Waals surface area contributed by atoms with Gasteiger partial charge in [0.15, 0.2) is 0 Å². The third-order valence-corrected chi connectivity index (χ3v) is 6.44. The molecule has 0 saturated carbocycles. The molecule has 0 aliphatic heterocycles. The van der Waals surface area contributed by atoms with Gasteiger partial charge in [-0.2, -0.15) is 17.9 Å². The number of pyridine rings is 2. The lowest BCUT2D eigenvalue weighted by Gasteiger charge is -2.14. The molecule has 1 aromatic carbocycles. The van der Waals surface area contributed by atoms with Crippen LogP contribution in [-0.2, 0) is 10.0 Å². The molecule has 0 bridgehead atoms. The lowest BCUT2D eigenvalue weighted by molar-refractivity contribution is 0.491. The molecule has 4 rings (SSSR count). The van der Waals surface area contributed by atoms with Gasteiger partial charge in [-0.25, -0.2) is 4.98 Å². The molecule has 152 valence electrons. The predicted molar refractivity (Wildman–Crippen MR) is 117 cm³/mol. The Morgan fingerprint density at radius 3 is 2.63 bits per heavy atom. The van der Waals surface area contributed by atoms with E-state index in [1.165, 1.54) is 13.3 Å². The fourth-order valence-electron chi connectivity index (χ4n) is 3.19. The van der Waals surface area contributed by atoms with E-state index in [9.17, 15) is 8.42 Å². The van der Waals surface area contributed by atoms with Crippen LogP contribution in [0.5, 0.6) is 0 Å². The zero-order chi connectivity index (χ0) is 21.3. The molecule has 0 spiro atoms. The van der Waals surface area contributed by atoms with Crippen molar-refractivity contribution in [2.45, 2.75) is 18.7 Å². The highest BCUT2D eigenvalue weighted by atomic mass is 32.2. The van der Waals surface area contributed by atoms with Gasteiger partial charge in [-0.1, -0.05) is 18.2 Å². The minimum absolute atomic E-state index is 0.204. The molecule has 0 aliphatic rings. The van der Waals surface area contributed by atoms with Gasteiger partial charge in [0.05, 0.1) is 23.0 Å². The van der Waals surface area contributed by atoms with Gasteiger partial charge in [0.1, 0.15) is 5.65 Å². The molecule has 0 radical (unpaired) electrons. The fraction of sp³-hybridized carbons (Fsp3) is 0.136. The Morgan fingerprint density at radius 2 is 1.90 bits per heavy atom. The van der Waals surface area contributed by atoms with E-state index in [4.69, 9.17) is 0 Å². The summed E-state index contributed by atoms with van der Waals surface area (Å²) in [6, 6.07) is 12.7. The first-order valence-corrected chi connectivity index (χ1v) is 10.8. The summed E-state index contributed by atoms with van der Waals surface area (Å²) in [5, 5.41) is 4.17. The number of nitrogens with zero attached hydrogens (tertiary/aromatic N) is 5. The van der Waals surface area contributed by atoms with E-state index in [1.807, 2.05) is 42.6 Å². The first-order valence-electron chi connectivity index (χ1n) is 9.34. The molecule has 8 heteroatoms. The molecular formula is C22H21N5O2S. The minimum atomic E-state index is -3.73. The second-order valence-corrected chi connectivity index (χ2v) is 8.98. The van der Waals surface area contributed by atoms with Crippen LogP contribution in [0.3, 0.4) is 0 Å². The standard InChI is InChI=1S/C22H21N5O2S/c1-16-6-4-8-21(10-16)30(28,29)26(3)25-14-20-13-24-22-17(2)11-19(15-27(20)22)18-7-5-9-23-12-18/h4-15H,1-3H3/b25-14+. The molecule has 0 unspecified atom stereocenters. The van der Waals surface area contributed by atoms with Crippen LogP contribution in [0, 0.1) is 13.8 Å². The summed E-state index contributed by atoms with van der Waals surface area (Å²) in [5.74, 6) is 0. The maximum atomic E-state index is 12.8. The Kier molecular flexibility index (Phi) is 5.09. The normalized spacial score (nSPS) is 12.0.